The zero-order valence-corrected chi connectivity index (χ0v) is 20.5. The number of nitrogens with zero attached hydrogens (tertiary/aromatic N) is 2. The molecule has 1 fully saturated rings. The molecule has 11 heteroatoms. The third kappa shape index (κ3) is 5.16. The number of aromatic nitrogens is 1. The number of carbonyl (C=O) groups excluding carboxylic acids is 3. The Morgan fingerprint density at radius 3 is 2.56 bits per heavy atom. The number of primary amides is 1. The molecule has 3 amide bonds. The van der Waals surface area contributed by atoms with Crippen molar-refractivity contribution in [2.24, 2.45) is 5.73 Å². The van der Waals surface area contributed by atoms with Gasteiger partial charge in [-0.25, -0.2) is 0 Å². The van der Waals surface area contributed by atoms with Gasteiger partial charge in [0.2, 0.25) is 5.91 Å². The first-order valence-electron chi connectivity index (χ1n) is 11.4. The number of aryl methyl sites for hydroxylation is 1. The van der Waals surface area contributed by atoms with E-state index in [1.165, 1.54) is 17.0 Å². The number of amides is 3. The summed E-state index contributed by atoms with van der Waals surface area (Å²) in [5.74, 6) is -1.89. The SMILES string of the molecule is Cc1ccccc1N(C(=O)c1snc(C(N)=O)c1N)[C@@H](C(=O)NC[C@@H]1CCCO1)c1ccc(O)cc1. The first-order valence-corrected chi connectivity index (χ1v) is 12.2. The van der Waals surface area contributed by atoms with E-state index >= 15 is 0 Å². The molecule has 0 saturated carbocycles. The van der Waals surface area contributed by atoms with E-state index in [0.29, 0.717) is 17.9 Å². The van der Waals surface area contributed by atoms with Crippen LogP contribution in [0.5, 0.6) is 5.75 Å². The van der Waals surface area contributed by atoms with Crippen LogP contribution in [0, 0.1) is 6.92 Å². The summed E-state index contributed by atoms with van der Waals surface area (Å²) < 4.78 is 9.59. The summed E-state index contributed by atoms with van der Waals surface area (Å²) in [5.41, 5.74) is 12.8. The lowest BCUT2D eigenvalue weighted by atomic mass is 10.0. The van der Waals surface area contributed by atoms with E-state index in [4.69, 9.17) is 16.2 Å². The van der Waals surface area contributed by atoms with Gasteiger partial charge < -0.3 is 26.6 Å². The van der Waals surface area contributed by atoms with Crippen molar-refractivity contribution in [1.29, 1.82) is 0 Å². The highest BCUT2D eigenvalue weighted by atomic mass is 32.1. The molecule has 188 valence electrons. The second kappa shape index (κ2) is 10.8. The van der Waals surface area contributed by atoms with Gasteiger partial charge in [-0.3, -0.25) is 19.3 Å². The van der Waals surface area contributed by atoms with Crippen LogP contribution in [0.1, 0.15) is 50.2 Å². The second-order valence-electron chi connectivity index (χ2n) is 8.47. The van der Waals surface area contributed by atoms with Crippen LogP contribution in [0.25, 0.3) is 0 Å². The molecule has 4 rings (SSSR count). The second-order valence-corrected chi connectivity index (χ2v) is 9.25. The fourth-order valence-electron chi connectivity index (χ4n) is 4.13. The van der Waals surface area contributed by atoms with Crippen LogP contribution in [0.4, 0.5) is 11.4 Å². The number of nitrogens with one attached hydrogen (secondary N) is 1. The summed E-state index contributed by atoms with van der Waals surface area (Å²) in [6.45, 7) is 2.75. The van der Waals surface area contributed by atoms with Gasteiger partial charge in [0.25, 0.3) is 11.8 Å². The van der Waals surface area contributed by atoms with E-state index in [9.17, 15) is 19.5 Å². The molecular weight excluding hydrogens is 482 g/mol. The van der Waals surface area contributed by atoms with Crippen LogP contribution < -0.4 is 21.7 Å². The largest absolute Gasteiger partial charge is 0.508 e. The molecule has 3 aromatic rings. The quantitative estimate of drug-likeness (QED) is 0.363. The lowest BCUT2D eigenvalue weighted by Crippen LogP contribution is -2.45. The number of para-hydroxylation sites is 1. The normalized spacial score (nSPS) is 15.9. The number of aromatic hydroxyl groups is 1. The Labute approximate surface area is 212 Å². The predicted molar refractivity (Wildman–Crippen MR) is 136 cm³/mol. The van der Waals surface area contributed by atoms with Crippen LogP contribution in [-0.2, 0) is 9.53 Å². The number of ether oxygens (including phenoxy) is 1. The Kier molecular flexibility index (Phi) is 7.51. The molecule has 2 atom stereocenters. The molecule has 0 bridgehead atoms. The van der Waals surface area contributed by atoms with Gasteiger partial charge in [0.1, 0.15) is 16.7 Å². The van der Waals surface area contributed by atoms with Crippen molar-refractivity contribution >= 4 is 40.6 Å². The number of nitrogens with two attached hydrogens (primary N) is 2. The molecule has 0 spiro atoms. The molecule has 1 aromatic heterocycles. The Bertz CT molecular complexity index is 1270. The van der Waals surface area contributed by atoms with E-state index in [-0.39, 0.29) is 34.7 Å². The highest BCUT2D eigenvalue weighted by Gasteiger charge is 2.37. The molecule has 1 saturated heterocycles. The van der Waals surface area contributed by atoms with E-state index in [0.717, 1.165) is 29.9 Å². The maximum atomic E-state index is 14.0. The third-order valence-corrected chi connectivity index (χ3v) is 6.84. The number of hydrogen-bond donors (Lipinski definition) is 4. The van der Waals surface area contributed by atoms with Crippen molar-refractivity contribution in [3.63, 3.8) is 0 Å². The molecule has 2 aromatic carbocycles. The molecule has 6 N–H and O–H groups in total. The minimum absolute atomic E-state index is 0.0113. The smallest absolute Gasteiger partial charge is 0.273 e. The van der Waals surface area contributed by atoms with Crippen molar-refractivity contribution in [2.75, 3.05) is 23.8 Å². The first kappa shape index (κ1) is 25.1. The standard InChI is InChI=1S/C25H27N5O5S/c1-14-5-2-3-7-18(14)30(25(34)22-19(26)20(23(27)32)29-36-22)21(15-8-10-16(31)11-9-15)24(33)28-13-17-6-4-12-35-17/h2-3,5,7-11,17,21,31H,4,6,12-13,26H2,1H3,(H2,27,32)(H,28,33)/t17-,21+/m0/s1. The number of carbonyl (C=O) groups is 3. The Hall–Kier alpha value is -3.96. The van der Waals surface area contributed by atoms with Crippen molar-refractivity contribution in [3.05, 3.63) is 70.2 Å². The molecule has 0 aliphatic carbocycles. The maximum Gasteiger partial charge on any atom is 0.273 e. The van der Waals surface area contributed by atoms with Crippen LogP contribution >= 0.6 is 11.5 Å². The van der Waals surface area contributed by atoms with Crippen LogP contribution in [0.3, 0.4) is 0 Å². The fraction of sp³-hybridized carbons (Fsp3) is 0.280. The van der Waals surface area contributed by atoms with Crippen LogP contribution in [-0.4, -0.2) is 46.5 Å². The molecule has 10 nitrogen and oxygen atoms in total. The van der Waals surface area contributed by atoms with Gasteiger partial charge in [-0.05, 0) is 60.6 Å². The first-order chi connectivity index (χ1) is 17.3. The van der Waals surface area contributed by atoms with Crippen LogP contribution in [0.15, 0.2) is 48.5 Å². The average Bonchev–Trinajstić information content (AvgIpc) is 3.52. The Morgan fingerprint density at radius 1 is 1.22 bits per heavy atom. The van der Waals surface area contributed by atoms with Gasteiger partial charge in [-0.15, -0.1) is 0 Å². The zero-order chi connectivity index (χ0) is 25.8. The fourth-order valence-corrected chi connectivity index (χ4v) is 4.87. The minimum Gasteiger partial charge on any atom is -0.508 e. The topological polar surface area (TPSA) is 161 Å². The number of anilines is 2. The Balaban J connectivity index is 1.82. The van der Waals surface area contributed by atoms with Crippen molar-refractivity contribution in [3.8, 4) is 5.75 Å². The zero-order valence-electron chi connectivity index (χ0n) is 19.6. The maximum absolute atomic E-state index is 14.0. The Morgan fingerprint density at radius 2 is 1.94 bits per heavy atom. The lowest BCUT2D eigenvalue weighted by molar-refractivity contribution is -0.123. The van der Waals surface area contributed by atoms with Crippen molar-refractivity contribution < 1.29 is 24.2 Å². The number of nitrogen functional groups attached to an aromatic ring is 1. The van der Waals surface area contributed by atoms with Crippen molar-refractivity contribution in [2.45, 2.75) is 31.9 Å². The molecular formula is C25H27N5O5S. The summed E-state index contributed by atoms with van der Waals surface area (Å²) in [4.78, 5) is 40.8. The average molecular weight is 510 g/mol. The highest BCUT2D eigenvalue weighted by Crippen LogP contribution is 2.35. The molecule has 36 heavy (non-hydrogen) atoms. The van der Waals surface area contributed by atoms with Crippen molar-refractivity contribution in [1.82, 2.24) is 9.69 Å². The summed E-state index contributed by atoms with van der Waals surface area (Å²) in [6.07, 6.45) is 1.65. The molecule has 0 radical (unpaired) electrons. The number of phenolic OH excluding ortho intramolecular Hbond substituents is 1. The number of hydrogen-bond acceptors (Lipinski definition) is 8. The number of rotatable bonds is 8. The minimum atomic E-state index is -1.13. The van der Waals surface area contributed by atoms with Gasteiger partial charge in [0, 0.05) is 18.8 Å². The molecule has 1 aliphatic heterocycles. The van der Waals surface area contributed by atoms with E-state index < -0.39 is 23.8 Å². The summed E-state index contributed by atoms with van der Waals surface area (Å²) in [7, 11) is 0. The molecule has 1 aliphatic rings. The van der Waals surface area contributed by atoms with Gasteiger partial charge in [0.05, 0.1) is 11.8 Å². The summed E-state index contributed by atoms with van der Waals surface area (Å²) in [6, 6.07) is 12.0. The monoisotopic (exact) mass is 509 g/mol. The molecule has 0 unspecified atom stereocenters. The van der Waals surface area contributed by atoms with E-state index in [2.05, 4.69) is 9.69 Å². The van der Waals surface area contributed by atoms with E-state index in [1.54, 1.807) is 24.3 Å². The third-order valence-electron chi connectivity index (χ3n) is 5.99. The predicted octanol–water partition coefficient (Wildman–Crippen LogP) is 2.52. The summed E-state index contributed by atoms with van der Waals surface area (Å²) in [5, 5.41) is 12.8. The van der Waals surface area contributed by atoms with Crippen LogP contribution in [0.2, 0.25) is 0 Å². The number of phenols is 1. The van der Waals surface area contributed by atoms with Gasteiger partial charge in [0.15, 0.2) is 5.69 Å². The van der Waals surface area contributed by atoms with Gasteiger partial charge >= 0.3 is 0 Å². The van der Waals surface area contributed by atoms with Gasteiger partial charge in [-0.2, -0.15) is 4.37 Å². The number of benzene rings is 2. The van der Waals surface area contributed by atoms with E-state index in [1.807, 2.05) is 19.1 Å². The molecule has 2 heterocycles. The lowest BCUT2D eigenvalue weighted by Gasteiger charge is -2.32. The van der Waals surface area contributed by atoms with Gasteiger partial charge in [-0.1, -0.05) is 30.3 Å². The highest BCUT2D eigenvalue weighted by molar-refractivity contribution is 7.09. The summed E-state index contributed by atoms with van der Waals surface area (Å²) >= 11 is 0.743.